The first-order valence-electron chi connectivity index (χ1n) is 9.46. The zero-order valence-corrected chi connectivity index (χ0v) is 17.3. The lowest BCUT2D eigenvalue weighted by molar-refractivity contribution is -0.151. The van der Waals surface area contributed by atoms with Crippen molar-refractivity contribution >= 4 is 23.6 Å². The molecule has 2 heterocycles. The normalized spacial score (nSPS) is 16.8. The standard InChI is InChI=1S/C20H25N3O4S/c1-4-26-19(25)16-6-5-9-23(11-16)17(24)12-28-20-22-21-18(27-20)15-8-7-13(2)14(3)10-15/h7-8,10,16H,4-6,9,11-12H2,1-3H3/t16-/m0/s1. The van der Waals surface area contributed by atoms with Gasteiger partial charge >= 0.3 is 5.97 Å². The zero-order valence-electron chi connectivity index (χ0n) is 16.4. The number of thioether (sulfide) groups is 1. The molecule has 28 heavy (non-hydrogen) atoms. The molecule has 1 atom stereocenters. The van der Waals surface area contributed by atoms with Gasteiger partial charge in [0.05, 0.1) is 18.3 Å². The molecule has 0 bridgehead atoms. The van der Waals surface area contributed by atoms with Crippen LogP contribution in [0.3, 0.4) is 0 Å². The molecule has 1 aromatic carbocycles. The molecule has 1 aliphatic rings. The summed E-state index contributed by atoms with van der Waals surface area (Å²) in [6.07, 6.45) is 1.57. The van der Waals surface area contributed by atoms with E-state index in [1.165, 1.54) is 17.3 Å². The van der Waals surface area contributed by atoms with Crippen molar-refractivity contribution < 1.29 is 18.7 Å². The SMILES string of the molecule is CCOC(=O)[C@H]1CCCN(C(=O)CSc2nnc(-c3ccc(C)c(C)c3)o2)C1. The molecular formula is C20H25N3O4S. The van der Waals surface area contributed by atoms with E-state index >= 15 is 0 Å². The van der Waals surface area contributed by atoms with Gasteiger partial charge in [-0.25, -0.2) is 0 Å². The Morgan fingerprint density at radius 1 is 1.29 bits per heavy atom. The van der Waals surface area contributed by atoms with Crippen molar-refractivity contribution in [2.75, 3.05) is 25.4 Å². The smallest absolute Gasteiger partial charge is 0.310 e. The maximum atomic E-state index is 12.5. The van der Waals surface area contributed by atoms with E-state index in [1.807, 2.05) is 32.0 Å². The number of carbonyl (C=O) groups is 2. The lowest BCUT2D eigenvalue weighted by Gasteiger charge is -2.31. The number of amides is 1. The summed E-state index contributed by atoms with van der Waals surface area (Å²) in [6, 6.07) is 5.96. The number of nitrogens with zero attached hydrogens (tertiary/aromatic N) is 3. The minimum atomic E-state index is -0.234. The van der Waals surface area contributed by atoms with Crippen LogP contribution in [0.1, 0.15) is 30.9 Å². The highest BCUT2D eigenvalue weighted by Crippen LogP contribution is 2.26. The summed E-state index contributed by atoms with van der Waals surface area (Å²) in [4.78, 5) is 26.2. The summed E-state index contributed by atoms with van der Waals surface area (Å²) in [5, 5.41) is 8.47. The number of benzene rings is 1. The van der Waals surface area contributed by atoms with E-state index in [9.17, 15) is 9.59 Å². The Bertz CT molecular complexity index is 852. The van der Waals surface area contributed by atoms with E-state index in [-0.39, 0.29) is 23.5 Å². The number of hydrogen-bond acceptors (Lipinski definition) is 7. The van der Waals surface area contributed by atoms with Crippen LogP contribution in [-0.2, 0) is 14.3 Å². The van der Waals surface area contributed by atoms with Crippen LogP contribution >= 0.6 is 11.8 Å². The number of hydrogen-bond donors (Lipinski definition) is 0. The van der Waals surface area contributed by atoms with Crippen LogP contribution in [0.5, 0.6) is 0 Å². The molecule has 1 fully saturated rings. The van der Waals surface area contributed by atoms with Gasteiger partial charge in [-0.15, -0.1) is 10.2 Å². The zero-order chi connectivity index (χ0) is 20.1. The third kappa shape index (κ3) is 4.92. The molecule has 1 saturated heterocycles. The highest BCUT2D eigenvalue weighted by atomic mass is 32.2. The van der Waals surface area contributed by atoms with Crippen molar-refractivity contribution in [1.82, 2.24) is 15.1 Å². The summed E-state index contributed by atoms with van der Waals surface area (Å²) < 4.78 is 10.8. The quantitative estimate of drug-likeness (QED) is 0.540. The van der Waals surface area contributed by atoms with Crippen LogP contribution in [0.25, 0.3) is 11.5 Å². The van der Waals surface area contributed by atoms with Crippen LogP contribution in [-0.4, -0.2) is 52.4 Å². The van der Waals surface area contributed by atoms with Gasteiger partial charge < -0.3 is 14.1 Å². The lowest BCUT2D eigenvalue weighted by atomic mass is 9.98. The molecule has 1 aliphatic heterocycles. The predicted molar refractivity (Wildman–Crippen MR) is 106 cm³/mol. The summed E-state index contributed by atoms with van der Waals surface area (Å²) in [5.74, 6) is 0.151. The molecular weight excluding hydrogens is 378 g/mol. The lowest BCUT2D eigenvalue weighted by Crippen LogP contribution is -2.43. The second kappa shape index (κ2) is 9.23. The number of piperidine rings is 1. The number of aryl methyl sites for hydroxylation is 2. The number of ether oxygens (including phenoxy) is 1. The first-order valence-corrected chi connectivity index (χ1v) is 10.4. The number of aromatic nitrogens is 2. The fourth-order valence-electron chi connectivity index (χ4n) is 3.13. The Kier molecular flexibility index (Phi) is 6.72. The van der Waals surface area contributed by atoms with E-state index in [4.69, 9.17) is 9.15 Å². The summed E-state index contributed by atoms with van der Waals surface area (Å²) in [5.41, 5.74) is 3.22. The van der Waals surface area contributed by atoms with Gasteiger partial charge in [-0.05, 0) is 56.9 Å². The van der Waals surface area contributed by atoms with Gasteiger partial charge in [0.1, 0.15) is 0 Å². The maximum Gasteiger partial charge on any atom is 0.310 e. The van der Waals surface area contributed by atoms with Gasteiger partial charge in [0.2, 0.25) is 11.8 Å². The van der Waals surface area contributed by atoms with E-state index in [2.05, 4.69) is 10.2 Å². The van der Waals surface area contributed by atoms with Crippen molar-refractivity contribution in [3.05, 3.63) is 29.3 Å². The fourth-order valence-corrected chi connectivity index (χ4v) is 3.80. The van der Waals surface area contributed by atoms with E-state index < -0.39 is 0 Å². The largest absolute Gasteiger partial charge is 0.466 e. The van der Waals surface area contributed by atoms with Crippen molar-refractivity contribution in [1.29, 1.82) is 0 Å². The van der Waals surface area contributed by atoms with E-state index in [0.29, 0.717) is 30.8 Å². The topological polar surface area (TPSA) is 85.5 Å². The van der Waals surface area contributed by atoms with Crippen molar-refractivity contribution in [3.8, 4) is 11.5 Å². The van der Waals surface area contributed by atoms with Crippen LogP contribution in [0.2, 0.25) is 0 Å². The van der Waals surface area contributed by atoms with Crippen LogP contribution in [0, 0.1) is 19.8 Å². The first kappa shape index (κ1) is 20.4. The molecule has 0 aliphatic carbocycles. The predicted octanol–water partition coefficient (Wildman–Crippen LogP) is 3.25. The number of rotatable bonds is 6. The van der Waals surface area contributed by atoms with Gasteiger partial charge in [0, 0.05) is 18.7 Å². The van der Waals surface area contributed by atoms with E-state index in [0.717, 1.165) is 24.0 Å². The molecule has 0 spiro atoms. The maximum absolute atomic E-state index is 12.5. The molecule has 0 saturated carbocycles. The van der Waals surface area contributed by atoms with Crippen molar-refractivity contribution in [2.45, 2.75) is 38.8 Å². The van der Waals surface area contributed by atoms with Gasteiger partial charge in [-0.3, -0.25) is 9.59 Å². The van der Waals surface area contributed by atoms with Crippen molar-refractivity contribution in [3.63, 3.8) is 0 Å². The molecule has 8 heteroatoms. The molecule has 7 nitrogen and oxygen atoms in total. The highest BCUT2D eigenvalue weighted by Gasteiger charge is 2.29. The molecule has 0 radical (unpaired) electrons. The second-order valence-electron chi connectivity index (χ2n) is 6.89. The Morgan fingerprint density at radius 2 is 2.11 bits per heavy atom. The van der Waals surface area contributed by atoms with Crippen molar-refractivity contribution in [2.24, 2.45) is 5.92 Å². The Hall–Kier alpha value is -2.35. The van der Waals surface area contributed by atoms with Crippen LogP contribution in [0.15, 0.2) is 27.8 Å². The van der Waals surface area contributed by atoms with Crippen LogP contribution in [0.4, 0.5) is 0 Å². The summed E-state index contributed by atoms with van der Waals surface area (Å²) >= 11 is 1.22. The van der Waals surface area contributed by atoms with Gasteiger partial charge in [0.25, 0.3) is 5.22 Å². The molecule has 1 amide bonds. The first-order chi connectivity index (χ1) is 13.5. The molecule has 150 valence electrons. The third-order valence-corrected chi connectivity index (χ3v) is 5.68. The molecule has 1 aromatic heterocycles. The van der Waals surface area contributed by atoms with Gasteiger partial charge in [-0.1, -0.05) is 17.8 Å². The van der Waals surface area contributed by atoms with E-state index in [1.54, 1.807) is 11.8 Å². The molecule has 0 unspecified atom stereocenters. The summed E-state index contributed by atoms with van der Waals surface area (Å²) in [7, 11) is 0. The molecule has 0 N–H and O–H groups in total. The number of likely N-dealkylation sites (tertiary alicyclic amines) is 1. The minimum absolute atomic E-state index is 0.0371. The third-order valence-electron chi connectivity index (χ3n) is 4.87. The van der Waals surface area contributed by atoms with Crippen LogP contribution < -0.4 is 0 Å². The Morgan fingerprint density at radius 3 is 2.86 bits per heavy atom. The Labute approximate surface area is 168 Å². The monoisotopic (exact) mass is 403 g/mol. The minimum Gasteiger partial charge on any atom is -0.466 e. The summed E-state index contributed by atoms with van der Waals surface area (Å²) in [6.45, 7) is 7.30. The van der Waals surface area contributed by atoms with Gasteiger partial charge in [0.15, 0.2) is 0 Å². The fraction of sp³-hybridized carbons (Fsp3) is 0.500. The number of carbonyl (C=O) groups excluding carboxylic acids is 2. The number of esters is 1. The molecule has 2 aromatic rings. The van der Waals surface area contributed by atoms with Gasteiger partial charge in [-0.2, -0.15) is 0 Å². The average Bonchev–Trinajstić information content (AvgIpc) is 3.17. The second-order valence-corrected chi connectivity index (χ2v) is 7.82. The molecule has 3 rings (SSSR count). The highest BCUT2D eigenvalue weighted by molar-refractivity contribution is 7.99. The average molecular weight is 404 g/mol. The Balaban J connectivity index is 1.55.